The summed E-state index contributed by atoms with van der Waals surface area (Å²) in [6.07, 6.45) is 1.20. The largest absolute Gasteiger partial charge is 0.348 e. The standard InChI is InChI=1S/C11H23N3O3S/c1-5-13-6-7-14(18(4,16)17)9-10(8-13)11(15)12(2)3/h10H,5-9H2,1-4H3/t10-/m0/s1. The van der Waals surface area contributed by atoms with Crippen LogP contribution in [-0.2, 0) is 14.8 Å². The van der Waals surface area contributed by atoms with E-state index in [0.29, 0.717) is 19.6 Å². The number of carbonyl (C=O) groups is 1. The number of sulfonamides is 1. The number of carbonyl (C=O) groups excluding carboxylic acids is 1. The summed E-state index contributed by atoms with van der Waals surface area (Å²) in [5.41, 5.74) is 0. The van der Waals surface area contributed by atoms with Gasteiger partial charge in [0, 0.05) is 40.3 Å². The zero-order valence-electron chi connectivity index (χ0n) is 11.6. The van der Waals surface area contributed by atoms with Crippen molar-refractivity contribution in [2.45, 2.75) is 6.92 Å². The van der Waals surface area contributed by atoms with E-state index in [1.165, 1.54) is 15.5 Å². The molecule has 1 fully saturated rings. The second-order valence-corrected chi connectivity index (χ2v) is 6.93. The van der Waals surface area contributed by atoms with E-state index in [9.17, 15) is 13.2 Å². The zero-order valence-corrected chi connectivity index (χ0v) is 12.4. The number of nitrogens with zero attached hydrogens (tertiary/aromatic N) is 3. The van der Waals surface area contributed by atoms with E-state index in [2.05, 4.69) is 4.90 Å². The van der Waals surface area contributed by atoms with Crippen molar-refractivity contribution in [2.75, 3.05) is 53.1 Å². The second kappa shape index (κ2) is 5.99. The van der Waals surface area contributed by atoms with Crippen LogP contribution < -0.4 is 0 Å². The first-order chi connectivity index (χ1) is 8.25. The van der Waals surface area contributed by atoms with Crippen molar-refractivity contribution in [2.24, 2.45) is 5.92 Å². The van der Waals surface area contributed by atoms with Crippen molar-refractivity contribution in [1.82, 2.24) is 14.1 Å². The molecular formula is C11H23N3O3S. The summed E-state index contributed by atoms with van der Waals surface area (Å²) in [7, 11) is 0.168. The second-order valence-electron chi connectivity index (χ2n) is 4.94. The van der Waals surface area contributed by atoms with Crippen molar-refractivity contribution in [3.63, 3.8) is 0 Å². The normalized spacial score (nSPS) is 23.7. The first kappa shape index (κ1) is 15.4. The van der Waals surface area contributed by atoms with Gasteiger partial charge in [-0.05, 0) is 6.54 Å². The third-order valence-corrected chi connectivity index (χ3v) is 4.54. The topological polar surface area (TPSA) is 60.9 Å². The zero-order chi connectivity index (χ0) is 13.9. The fourth-order valence-corrected chi connectivity index (χ4v) is 3.02. The SMILES string of the molecule is CCN1CCN(S(C)(=O)=O)C[C@@H](C(=O)N(C)C)C1. The molecule has 0 aromatic rings. The van der Waals surface area contributed by atoms with Crippen LogP contribution in [0.25, 0.3) is 0 Å². The molecule has 1 aliphatic heterocycles. The third-order valence-electron chi connectivity index (χ3n) is 3.27. The van der Waals surface area contributed by atoms with Gasteiger partial charge in [-0.1, -0.05) is 6.92 Å². The summed E-state index contributed by atoms with van der Waals surface area (Å²) >= 11 is 0. The highest BCUT2D eigenvalue weighted by Crippen LogP contribution is 2.14. The Morgan fingerprint density at radius 3 is 2.33 bits per heavy atom. The van der Waals surface area contributed by atoms with Gasteiger partial charge < -0.3 is 9.80 Å². The van der Waals surface area contributed by atoms with E-state index in [1.54, 1.807) is 14.1 Å². The van der Waals surface area contributed by atoms with Gasteiger partial charge in [0.15, 0.2) is 0 Å². The smallest absolute Gasteiger partial charge is 0.227 e. The molecule has 0 aromatic heterocycles. The fourth-order valence-electron chi connectivity index (χ4n) is 2.16. The highest BCUT2D eigenvalue weighted by molar-refractivity contribution is 7.88. The van der Waals surface area contributed by atoms with Crippen LogP contribution in [0.2, 0.25) is 0 Å². The van der Waals surface area contributed by atoms with Gasteiger partial charge in [0.2, 0.25) is 15.9 Å². The van der Waals surface area contributed by atoms with Crippen LogP contribution in [0.3, 0.4) is 0 Å². The molecule has 0 saturated carbocycles. The van der Waals surface area contributed by atoms with Crippen LogP contribution in [0.4, 0.5) is 0 Å². The summed E-state index contributed by atoms with van der Waals surface area (Å²) in [6, 6.07) is 0. The Labute approximate surface area is 110 Å². The molecule has 0 bridgehead atoms. The molecule has 0 N–H and O–H groups in total. The molecule has 0 aliphatic carbocycles. The number of amides is 1. The van der Waals surface area contributed by atoms with Crippen molar-refractivity contribution < 1.29 is 13.2 Å². The molecule has 1 atom stereocenters. The summed E-state index contributed by atoms with van der Waals surface area (Å²) < 4.78 is 24.7. The van der Waals surface area contributed by atoms with Gasteiger partial charge in [0.25, 0.3) is 0 Å². The predicted molar refractivity (Wildman–Crippen MR) is 70.7 cm³/mol. The molecule has 1 aliphatic rings. The van der Waals surface area contributed by atoms with E-state index in [4.69, 9.17) is 0 Å². The molecule has 1 rings (SSSR count). The Kier molecular flexibility index (Phi) is 5.12. The minimum Gasteiger partial charge on any atom is -0.348 e. The average Bonchev–Trinajstić information content (AvgIpc) is 2.49. The molecule has 6 nitrogen and oxygen atoms in total. The third kappa shape index (κ3) is 3.93. The van der Waals surface area contributed by atoms with E-state index in [1.807, 2.05) is 6.92 Å². The van der Waals surface area contributed by atoms with E-state index < -0.39 is 10.0 Å². The van der Waals surface area contributed by atoms with Crippen LogP contribution in [0.1, 0.15) is 6.92 Å². The minimum absolute atomic E-state index is 0.0102. The molecular weight excluding hydrogens is 254 g/mol. The van der Waals surface area contributed by atoms with Crippen LogP contribution in [0.15, 0.2) is 0 Å². The number of likely N-dealkylation sites (N-methyl/N-ethyl adjacent to an activating group) is 1. The van der Waals surface area contributed by atoms with E-state index in [-0.39, 0.29) is 18.4 Å². The van der Waals surface area contributed by atoms with E-state index >= 15 is 0 Å². The van der Waals surface area contributed by atoms with Gasteiger partial charge in [0.05, 0.1) is 12.2 Å². The lowest BCUT2D eigenvalue weighted by Gasteiger charge is -2.24. The first-order valence-corrected chi connectivity index (χ1v) is 7.99. The highest BCUT2D eigenvalue weighted by atomic mass is 32.2. The molecule has 7 heteroatoms. The average molecular weight is 277 g/mol. The van der Waals surface area contributed by atoms with Crippen LogP contribution in [0.5, 0.6) is 0 Å². The Bertz CT molecular complexity index is 394. The molecule has 0 spiro atoms. The van der Waals surface area contributed by atoms with Crippen molar-refractivity contribution in [1.29, 1.82) is 0 Å². The lowest BCUT2D eigenvalue weighted by Crippen LogP contribution is -2.41. The van der Waals surface area contributed by atoms with Gasteiger partial charge in [-0.15, -0.1) is 0 Å². The van der Waals surface area contributed by atoms with Gasteiger partial charge in [-0.25, -0.2) is 12.7 Å². The van der Waals surface area contributed by atoms with Crippen LogP contribution in [-0.4, -0.2) is 81.5 Å². The monoisotopic (exact) mass is 277 g/mol. The first-order valence-electron chi connectivity index (χ1n) is 6.14. The van der Waals surface area contributed by atoms with Crippen LogP contribution in [0, 0.1) is 5.92 Å². The number of hydrogen-bond acceptors (Lipinski definition) is 4. The van der Waals surface area contributed by atoms with Gasteiger partial charge >= 0.3 is 0 Å². The van der Waals surface area contributed by atoms with Crippen molar-refractivity contribution in [3.05, 3.63) is 0 Å². The summed E-state index contributed by atoms with van der Waals surface area (Å²) in [4.78, 5) is 15.7. The number of hydrogen-bond donors (Lipinski definition) is 0. The van der Waals surface area contributed by atoms with Crippen molar-refractivity contribution >= 4 is 15.9 Å². The summed E-state index contributed by atoms with van der Waals surface area (Å²) in [5.74, 6) is -0.291. The maximum atomic E-state index is 12.1. The molecule has 1 amide bonds. The molecule has 0 radical (unpaired) electrons. The maximum Gasteiger partial charge on any atom is 0.227 e. The molecule has 0 aromatic carbocycles. The molecule has 1 saturated heterocycles. The van der Waals surface area contributed by atoms with Gasteiger partial charge in [-0.2, -0.15) is 0 Å². The quantitative estimate of drug-likeness (QED) is 0.683. The summed E-state index contributed by atoms with van der Waals surface area (Å²) in [5, 5.41) is 0. The maximum absolute atomic E-state index is 12.1. The predicted octanol–water partition coefficient (Wildman–Crippen LogP) is -0.712. The van der Waals surface area contributed by atoms with Gasteiger partial charge in [-0.3, -0.25) is 4.79 Å². The lowest BCUT2D eigenvalue weighted by atomic mass is 10.1. The highest BCUT2D eigenvalue weighted by Gasteiger charge is 2.31. The number of rotatable bonds is 3. The summed E-state index contributed by atoms with van der Waals surface area (Å²) in [6.45, 7) is 4.90. The molecule has 1 heterocycles. The Morgan fingerprint density at radius 2 is 1.89 bits per heavy atom. The Balaban J connectivity index is 2.90. The molecule has 106 valence electrons. The minimum atomic E-state index is -3.24. The Morgan fingerprint density at radius 1 is 1.28 bits per heavy atom. The molecule has 0 unspecified atom stereocenters. The van der Waals surface area contributed by atoms with Gasteiger partial charge in [0.1, 0.15) is 0 Å². The Hall–Kier alpha value is -0.660. The fraction of sp³-hybridized carbons (Fsp3) is 0.909. The van der Waals surface area contributed by atoms with E-state index in [0.717, 1.165) is 6.54 Å². The lowest BCUT2D eigenvalue weighted by molar-refractivity contribution is -0.133. The van der Waals surface area contributed by atoms with Crippen LogP contribution >= 0.6 is 0 Å². The van der Waals surface area contributed by atoms with Crippen molar-refractivity contribution in [3.8, 4) is 0 Å². The molecule has 18 heavy (non-hydrogen) atoms.